The third-order valence-corrected chi connectivity index (χ3v) is 7.57. The van der Waals surface area contributed by atoms with Gasteiger partial charge in [0.05, 0.1) is 26.8 Å². The Kier molecular flexibility index (Phi) is 7.20. The van der Waals surface area contributed by atoms with E-state index < -0.39 is 18.5 Å². The molecule has 0 bridgehead atoms. The summed E-state index contributed by atoms with van der Waals surface area (Å²) < 4.78 is 5.47. The molecule has 10 heteroatoms. The van der Waals surface area contributed by atoms with E-state index in [1.165, 1.54) is 11.3 Å². The lowest BCUT2D eigenvalue weighted by atomic mass is 9.96. The summed E-state index contributed by atoms with van der Waals surface area (Å²) in [5, 5.41) is 6.49. The molecule has 0 saturated heterocycles. The lowest BCUT2D eigenvalue weighted by molar-refractivity contribution is -0.119. The average Bonchev–Trinajstić information content (AvgIpc) is 3.35. The van der Waals surface area contributed by atoms with Crippen molar-refractivity contribution < 1.29 is 14.3 Å². The van der Waals surface area contributed by atoms with Gasteiger partial charge >= 0.3 is 5.97 Å². The van der Waals surface area contributed by atoms with Crippen LogP contribution in [-0.4, -0.2) is 46.4 Å². The minimum absolute atomic E-state index is 0.391. The molecule has 0 radical (unpaired) electrons. The van der Waals surface area contributed by atoms with Gasteiger partial charge in [-0.05, 0) is 24.7 Å². The van der Waals surface area contributed by atoms with Crippen LogP contribution < -0.4 is 5.32 Å². The number of hydrogen-bond donors (Lipinski definition) is 1. The maximum atomic E-state index is 13.2. The number of nitrogens with one attached hydrogen (secondary N) is 1. The second kappa shape index (κ2) is 10.5. The highest BCUT2D eigenvalue weighted by Gasteiger charge is 2.26. The van der Waals surface area contributed by atoms with E-state index in [9.17, 15) is 9.59 Å². The predicted molar refractivity (Wildman–Crippen MR) is 143 cm³/mol. The molecule has 0 fully saturated rings. The number of thiazole rings is 1. The summed E-state index contributed by atoms with van der Waals surface area (Å²) in [5.41, 5.74) is 4.45. The fourth-order valence-electron chi connectivity index (χ4n) is 4.23. The first-order chi connectivity index (χ1) is 17.4. The minimum atomic E-state index is -0.534. The quantitative estimate of drug-likeness (QED) is 0.309. The number of para-hydroxylation sites is 1. The number of amides is 1. The van der Waals surface area contributed by atoms with E-state index in [4.69, 9.17) is 32.9 Å². The minimum Gasteiger partial charge on any atom is -0.452 e. The summed E-state index contributed by atoms with van der Waals surface area (Å²) in [6.45, 7) is 4.05. The predicted octanol–water partition coefficient (Wildman–Crippen LogP) is 5.84. The van der Waals surface area contributed by atoms with E-state index in [0.717, 1.165) is 47.2 Å². The number of likely N-dealkylation sites (N-methyl/N-ethyl adjacent to an activating group) is 1. The second-order valence-electron chi connectivity index (χ2n) is 8.34. The Morgan fingerprint density at radius 2 is 1.97 bits per heavy atom. The van der Waals surface area contributed by atoms with Crippen molar-refractivity contribution in [1.29, 1.82) is 0 Å². The van der Waals surface area contributed by atoms with E-state index in [2.05, 4.69) is 22.1 Å². The van der Waals surface area contributed by atoms with Crippen molar-refractivity contribution in [3.63, 3.8) is 0 Å². The summed E-state index contributed by atoms with van der Waals surface area (Å²) in [6.07, 6.45) is 0.764. The Bertz CT molecular complexity index is 1470. The molecular weight excluding hydrogens is 519 g/mol. The lowest BCUT2D eigenvalue weighted by Crippen LogP contribution is -2.32. The van der Waals surface area contributed by atoms with Gasteiger partial charge in [-0.25, -0.2) is 9.78 Å². The maximum Gasteiger partial charge on any atom is 0.339 e. The first kappa shape index (κ1) is 24.6. The van der Waals surface area contributed by atoms with Crippen molar-refractivity contribution in [1.82, 2.24) is 14.9 Å². The number of hydrogen-bond acceptors (Lipinski definition) is 7. The largest absolute Gasteiger partial charge is 0.452 e. The summed E-state index contributed by atoms with van der Waals surface area (Å²) >= 11 is 13.3. The number of esters is 1. The van der Waals surface area contributed by atoms with Crippen LogP contribution in [0.15, 0.2) is 47.8 Å². The molecule has 0 spiro atoms. The number of carbonyl (C=O) groups is 2. The fourth-order valence-corrected chi connectivity index (χ4v) is 5.26. The van der Waals surface area contributed by atoms with Crippen molar-refractivity contribution in [2.24, 2.45) is 0 Å². The van der Waals surface area contributed by atoms with Crippen LogP contribution in [0.25, 0.3) is 22.2 Å². The third-order valence-electron chi connectivity index (χ3n) is 6.08. The Morgan fingerprint density at radius 1 is 1.14 bits per heavy atom. The number of halogens is 2. The van der Waals surface area contributed by atoms with Crippen LogP contribution in [0.1, 0.15) is 28.5 Å². The number of anilines is 1. The normalized spacial score (nSPS) is 13.4. The van der Waals surface area contributed by atoms with Gasteiger partial charge in [-0.3, -0.25) is 20.0 Å². The number of aromatic nitrogens is 2. The SMILES string of the molecule is CCN1CCc2nc3ccccc3c(C(=O)OCC(=O)Nc3nc(-c4ccc(Cl)c(Cl)c4)cs3)c2C1. The maximum absolute atomic E-state index is 13.2. The topological polar surface area (TPSA) is 84.4 Å². The molecule has 1 N–H and O–H groups in total. The zero-order valence-corrected chi connectivity index (χ0v) is 21.7. The van der Waals surface area contributed by atoms with Gasteiger partial charge in [-0.2, -0.15) is 0 Å². The molecule has 3 heterocycles. The summed E-state index contributed by atoms with van der Waals surface area (Å²) in [7, 11) is 0. The molecule has 1 aliphatic rings. The zero-order chi connectivity index (χ0) is 25.2. The van der Waals surface area contributed by atoms with Crippen LogP contribution in [0.3, 0.4) is 0 Å². The van der Waals surface area contributed by atoms with Gasteiger partial charge in [0.2, 0.25) is 0 Å². The number of rotatable bonds is 6. The monoisotopic (exact) mass is 540 g/mol. The van der Waals surface area contributed by atoms with Crippen molar-refractivity contribution >= 4 is 62.4 Å². The van der Waals surface area contributed by atoms with Gasteiger partial charge in [0, 0.05) is 47.1 Å². The average molecular weight is 541 g/mol. The Balaban J connectivity index is 1.30. The molecule has 7 nitrogen and oxygen atoms in total. The van der Waals surface area contributed by atoms with Gasteiger partial charge in [0.1, 0.15) is 0 Å². The van der Waals surface area contributed by atoms with Gasteiger partial charge < -0.3 is 4.74 Å². The Morgan fingerprint density at radius 3 is 2.78 bits per heavy atom. The highest BCUT2D eigenvalue weighted by molar-refractivity contribution is 7.14. The van der Waals surface area contributed by atoms with Gasteiger partial charge in [0.15, 0.2) is 11.7 Å². The van der Waals surface area contributed by atoms with Crippen LogP contribution in [0, 0.1) is 0 Å². The number of ether oxygens (including phenoxy) is 1. The third kappa shape index (κ3) is 5.08. The molecule has 36 heavy (non-hydrogen) atoms. The van der Waals surface area contributed by atoms with Crippen LogP contribution in [0.4, 0.5) is 5.13 Å². The molecule has 2 aromatic heterocycles. The van der Waals surface area contributed by atoms with Crippen LogP contribution in [0.5, 0.6) is 0 Å². The summed E-state index contributed by atoms with van der Waals surface area (Å²) in [5.74, 6) is -1.01. The smallest absolute Gasteiger partial charge is 0.339 e. The first-order valence-electron chi connectivity index (χ1n) is 11.4. The lowest BCUT2D eigenvalue weighted by Gasteiger charge is -2.28. The van der Waals surface area contributed by atoms with Crippen molar-refractivity contribution in [3.05, 3.63) is 74.7 Å². The van der Waals surface area contributed by atoms with E-state index in [0.29, 0.717) is 33.0 Å². The highest BCUT2D eigenvalue weighted by Crippen LogP contribution is 2.31. The second-order valence-corrected chi connectivity index (χ2v) is 10.0. The molecule has 0 aliphatic carbocycles. The standard InChI is InChI=1S/C26H22Cl2N4O3S/c1-2-32-10-9-21-17(12-32)24(16-5-3-4-6-20(16)29-21)25(34)35-13-23(33)31-26-30-22(14-36-26)15-7-8-18(27)19(28)11-15/h3-8,11,14H,2,9-10,12-13H2,1H3,(H,30,31,33). The van der Waals surface area contributed by atoms with E-state index in [-0.39, 0.29) is 0 Å². The Hall–Kier alpha value is -3.04. The number of fused-ring (bicyclic) bond motifs is 2. The van der Waals surface area contributed by atoms with E-state index >= 15 is 0 Å². The molecule has 2 aromatic carbocycles. The van der Waals surface area contributed by atoms with E-state index in [1.54, 1.807) is 23.6 Å². The highest BCUT2D eigenvalue weighted by atomic mass is 35.5. The van der Waals surface area contributed by atoms with Crippen molar-refractivity contribution in [2.45, 2.75) is 19.9 Å². The summed E-state index contributed by atoms with van der Waals surface area (Å²) in [4.78, 5) is 37.3. The van der Waals surface area contributed by atoms with Crippen LogP contribution in [-0.2, 0) is 22.5 Å². The number of nitrogens with zero attached hydrogens (tertiary/aromatic N) is 3. The van der Waals surface area contributed by atoms with Gasteiger partial charge in [-0.15, -0.1) is 11.3 Å². The van der Waals surface area contributed by atoms with E-state index in [1.807, 2.05) is 24.3 Å². The molecule has 184 valence electrons. The fraction of sp³-hybridized carbons (Fsp3) is 0.231. The number of carbonyl (C=O) groups excluding carboxylic acids is 2. The summed E-state index contributed by atoms with van der Waals surface area (Å²) in [6, 6.07) is 12.7. The van der Waals surface area contributed by atoms with Crippen LogP contribution in [0.2, 0.25) is 10.0 Å². The Labute approximate surface area is 222 Å². The molecule has 0 atom stereocenters. The molecular formula is C26H22Cl2N4O3S. The molecule has 0 saturated carbocycles. The first-order valence-corrected chi connectivity index (χ1v) is 13.1. The zero-order valence-electron chi connectivity index (χ0n) is 19.4. The molecule has 5 rings (SSSR count). The molecule has 4 aromatic rings. The van der Waals surface area contributed by atoms with Gasteiger partial charge in [-0.1, -0.05) is 54.4 Å². The van der Waals surface area contributed by atoms with Crippen LogP contribution >= 0.6 is 34.5 Å². The van der Waals surface area contributed by atoms with Crippen molar-refractivity contribution in [3.8, 4) is 11.3 Å². The molecule has 0 unspecified atom stereocenters. The molecule has 1 aliphatic heterocycles. The number of benzene rings is 2. The van der Waals surface area contributed by atoms with Gasteiger partial charge in [0.25, 0.3) is 5.91 Å². The molecule has 1 amide bonds. The van der Waals surface area contributed by atoms with Crippen molar-refractivity contribution in [2.75, 3.05) is 25.0 Å². The number of pyridine rings is 1.